The van der Waals surface area contributed by atoms with E-state index in [9.17, 15) is 26.4 Å². The molecule has 4 rings (SSSR count). The summed E-state index contributed by atoms with van der Waals surface area (Å²) < 4.78 is 66.6. The number of hydrogen-bond acceptors (Lipinski definition) is 3. The van der Waals surface area contributed by atoms with E-state index < -0.39 is 21.7 Å². The molecule has 31 heavy (non-hydrogen) atoms. The maximum absolute atomic E-state index is 13.5. The lowest BCUT2D eigenvalue weighted by atomic mass is 9.95. The summed E-state index contributed by atoms with van der Waals surface area (Å²) in [6, 6.07) is 8.59. The fourth-order valence-electron chi connectivity index (χ4n) is 4.43. The molecule has 0 N–H and O–H groups in total. The van der Waals surface area contributed by atoms with E-state index in [2.05, 4.69) is 0 Å². The highest BCUT2D eigenvalue weighted by Gasteiger charge is 2.37. The molecule has 2 fully saturated rings. The minimum atomic E-state index is -3.96. The van der Waals surface area contributed by atoms with E-state index in [1.54, 1.807) is 12.1 Å². The van der Waals surface area contributed by atoms with E-state index >= 15 is 0 Å². The van der Waals surface area contributed by atoms with Gasteiger partial charge in [0.1, 0.15) is 5.82 Å². The highest BCUT2D eigenvalue weighted by molar-refractivity contribution is 7.89. The number of likely N-dealkylation sites (tertiary alicyclic amines) is 1. The molecule has 2 aromatic carbocycles. The summed E-state index contributed by atoms with van der Waals surface area (Å²) in [5.74, 6) is -2.97. The average Bonchev–Trinajstić information content (AvgIpc) is 3.25. The molecular formula is C22H23F3N2O3S. The zero-order valence-electron chi connectivity index (χ0n) is 16.8. The Labute approximate surface area is 179 Å². The van der Waals surface area contributed by atoms with Gasteiger partial charge < -0.3 is 4.90 Å². The van der Waals surface area contributed by atoms with Crippen LogP contribution in [0, 0.1) is 23.4 Å². The van der Waals surface area contributed by atoms with Gasteiger partial charge in [0.25, 0.3) is 0 Å². The van der Waals surface area contributed by atoms with Crippen LogP contribution in [0.1, 0.15) is 37.3 Å². The van der Waals surface area contributed by atoms with Gasteiger partial charge in [0, 0.05) is 25.6 Å². The molecule has 1 amide bonds. The smallest absolute Gasteiger partial charge is 0.243 e. The highest BCUT2D eigenvalue weighted by atomic mass is 32.2. The Bertz CT molecular complexity index is 1070. The third-order valence-corrected chi connectivity index (χ3v) is 8.02. The lowest BCUT2D eigenvalue weighted by molar-refractivity contribution is -0.137. The second-order valence-corrected chi connectivity index (χ2v) is 9.93. The van der Waals surface area contributed by atoms with Gasteiger partial charge in [-0.05, 0) is 61.6 Å². The Morgan fingerprint density at radius 3 is 2.19 bits per heavy atom. The lowest BCUT2D eigenvalue weighted by Gasteiger charge is -2.34. The van der Waals surface area contributed by atoms with Crippen LogP contribution in [-0.2, 0) is 14.8 Å². The predicted octanol–water partition coefficient (Wildman–Crippen LogP) is 3.87. The van der Waals surface area contributed by atoms with Crippen molar-refractivity contribution in [3.8, 4) is 0 Å². The molecule has 1 unspecified atom stereocenters. The standard InChI is InChI=1S/C22H23F3N2O3S/c23-17-5-3-15(4-6-17)21-2-1-11-27(21)22(28)16-9-12-26(13-10-16)31(29,30)18-7-8-19(24)20(25)14-18/h3-8,14,16,21H,1-2,9-13H2. The number of benzene rings is 2. The molecule has 5 nitrogen and oxygen atoms in total. The van der Waals surface area contributed by atoms with Crippen molar-refractivity contribution in [1.29, 1.82) is 0 Å². The van der Waals surface area contributed by atoms with E-state index in [4.69, 9.17) is 0 Å². The summed E-state index contributed by atoms with van der Waals surface area (Å²) in [6.45, 7) is 0.883. The fourth-order valence-corrected chi connectivity index (χ4v) is 5.91. The van der Waals surface area contributed by atoms with Crippen molar-refractivity contribution in [2.45, 2.75) is 36.6 Å². The first-order valence-electron chi connectivity index (χ1n) is 10.3. The van der Waals surface area contributed by atoms with E-state index in [0.717, 1.165) is 30.5 Å². The number of rotatable bonds is 4. The van der Waals surface area contributed by atoms with E-state index in [1.807, 2.05) is 4.90 Å². The SMILES string of the molecule is O=C(C1CCN(S(=O)(=O)c2ccc(F)c(F)c2)CC1)N1CCCC1c1ccc(F)cc1. The van der Waals surface area contributed by atoms with Crippen molar-refractivity contribution in [2.75, 3.05) is 19.6 Å². The van der Waals surface area contributed by atoms with Gasteiger partial charge in [0.05, 0.1) is 10.9 Å². The number of nitrogens with zero attached hydrogens (tertiary/aromatic N) is 2. The molecule has 0 radical (unpaired) electrons. The first kappa shape index (κ1) is 21.8. The van der Waals surface area contributed by atoms with Gasteiger partial charge >= 0.3 is 0 Å². The fraction of sp³-hybridized carbons (Fsp3) is 0.409. The number of sulfonamides is 1. The molecule has 0 aliphatic carbocycles. The molecule has 2 aliphatic rings. The van der Waals surface area contributed by atoms with Crippen LogP contribution in [0.3, 0.4) is 0 Å². The summed E-state index contributed by atoms with van der Waals surface area (Å²) in [5, 5.41) is 0. The number of hydrogen-bond donors (Lipinski definition) is 0. The topological polar surface area (TPSA) is 57.7 Å². The quantitative estimate of drug-likeness (QED) is 0.708. The zero-order chi connectivity index (χ0) is 22.2. The highest BCUT2D eigenvalue weighted by Crippen LogP contribution is 2.35. The Kier molecular flexibility index (Phi) is 6.07. The van der Waals surface area contributed by atoms with Crippen molar-refractivity contribution in [2.24, 2.45) is 5.92 Å². The molecule has 166 valence electrons. The lowest BCUT2D eigenvalue weighted by Crippen LogP contribution is -2.44. The third kappa shape index (κ3) is 4.34. The number of amides is 1. The molecule has 1 atom stereocenters. The second kappa shape index (κ2) is 8.63. The molecule has 2 saturated heterocycles. The summed E-state index contributed by atoms with van der Waals surface area (Å²) in [4.78, 5) is 14.7. The number of carbonyl (C=O) groups is 1. The van der Waals surface area contributed by atoms with Crippen LogP contribution in [0.5, 0.6) is 0 Å². The van der Waals surface area contributed by atoms with Gasteiger partial charge in [-0.2, -0.15) is 4.31 Å². The monoisotopic (exact) mass is 452 g/mol. The van der Waals surface area contributed by atoms with Gasteiger partial charge in [-0.15, -0.1) is 0 Å². The predicted molar refractivity (Wildman–Crippen MR) is 108 cm³/mol. The normalized spacial score (nSPS) is 20.9. The summed E-state index contributed by atoms with van der Waals surface area (Å²) in [7, 11) is -3.96. The van der Waals surface area contributed by atoms with Crippen molar-refractivity contribution >= 4 is 15.9 Å². The number of halogens is 3. The van der Waals surface area contributed by atoms with E-state index in [1.165, 1.54) is 16.4 Å². The van der Waals surface area contributed by atoms with E-state index in [0.29, 0.717) is 25.5 Å². The van der Waals surface area contributed by atoms with Crippen molar-refractivity contribution in [3.63, 3.8) is 0 Å². The van der Waals surface area contributed by atoms with Gasteiger partial charge in [0.2, 0.25) is 15.9 Å². The van der Waals surface area contributed by atoms with E-state index in [-0.39, 0.29) is 41.7 Å². The molecule has 0 spiro atoms. The average molecular weight is 452 g/mol. The molecule has 2 heterocycles. The number of carbonyl (C=O) groups excluding carboxylic acids is 1. The summed E-state index contributed by atoms with van der Waals surface area (Å²) in [5.41, 5.74) is 0.894. The largest absolute Gasteiger partial charge is 0.335 e. The van der Waals surface area contributed by atoms with Crippen LogP contribution in [0.4, 0.5) is 13.2 Å². The summed E-state index contributed by atoms with van der Waals surface area (Å²) >= 11 is 0. The van der Waals surface area contributed by atoms with Crippen LogP contribution in [0.25, 0.3) is 0 Å². The Morgan fingerprint density at radius 2 is 1.55 bits per heavy atom. The molecule has 0 saturated carbocycles. The molecule has 0 bridgehead atoms. The molecular weight excluding hydrogens is 429 g/mol. The zero-order valence-corrected chi connectivity index (χ0v) is 17.6. The van der Waals surface area contributed by atoms with Gasteiger partial charge in [-0.3, -0.25) is 4.79 Å². The van der Waals surface area contributed by atoms with Gasteiger partial charge in [-0.1, -0.05) is 12.1 Å². The van der Waals surface area contributed by atoms with Gasteiger partial charge in [0.15, 0.2) is 11.6 Å². The van der Waals surface area contributed by atoms with Crippen LogP contribution in [0.15, 0.2) is 47.4 Å². The number of piperidine rings is 1. The van der Waals surface area contributed by atoms with Gasteiger partial charge in [-0.25, -0.2) is 21.6 Å². The van der Waals surface area contributed by atoms with Crippen molar-refractivity contribution in [1.82, 2.24) is 9.21 Å². The Hall–Kier alpha value is -2.39. The van der Waals surface area contributed by atoms with Crippen LogP contribution in [0.2, 0.25) is 0 Å². The first-order chi connectivity index (χ1) is 14.8. The van der Waals surface area contributed by atoms with Crippen LogP contribution in [-0.4, -0.2) is 43.2 Å². The Balaban J connectivity index is 1.42. The molecule has 2 aromatic rings. The Morgan fingerprint density at radius 1 is 0.871 bits per heavy atom. The maximum Gasteiger partial charge on any atom is 0.243 e. The minimum Gasteiger partial charge on any atom is -0.335 e. The van der Waals surface area contributed by atoms with Crippen LogP contribution < -0.4 is 0 Å². The molecule has 2 aliphatic heterocycles. The summed E-state index contributed by atoms with van der Waals surface area (Å²) in [6.07, 6.45) is 2.38. The molecule has 0 aromatic heterocycles. The first-order valence-corrected chi connectivity index (χ1v) is 11.7. The maximum atomic E-state index is 13.5. The van der Waals surface area contributed by atoms with Crippen molar-refractivity contribution in [3.05, 3.63) is 65.5 Å². The van der Waals surface area contributed by atoms with Crippen molar-refractivity contribution < 1.29 is 26.4 Å². The minimum absolute atomic E-state index is 0.0169. The van der Waals surface area contributed by atoms with Crippen LogP contribution >= 0.6 is 0 Å². The second-order valence-electron chi connectivity index (χ2n) is 8.00. The molecule has 9 heteroatoms. The third-order valence-electron chi connectivity index (χ3n) is 6.12.